The number of aliphatic hydroxyl groups excluding tert-OH is 2. The lowest BCUT2D eigenvalue weighted by atomic mass is 9.85. The molecule has 278 valence electrons. The van der Waals surface area contributed by atoms with Crippen LogP contribution in [-0.4, -0.2) is 91.2 Å². The Morgan fingerprint density at radius 2 is 1.82 bits per heavy atom. The summed E-state index contributed by atoms with van der Waals surface area (Å²) in [6, 6.07) is 5.66. The number of aryl methyl sites for hydroxylation is 1. The Hall–Kier alpha value is -3.61. The summed E-state index contributed by atoms with van der Waals surface area (Å²) in [5, 5.41) is 35.5. The number of hydrogen-bond donors (Lipinski definition) is 4. The zero-order valence-corrected chi connectivity index (χ0v) is 29.9. The van der Waals surface area contributed by atoms with E-state index in [0.29, 0.717) is 25.4 Å². The molecule has 0 radical (unpaired) electrons. The van der Waals surface area contributed by atoms with Gasteiger partial charge in [0.15, 0.2) is 5.69 Å². The highest BCUT2D eigenvalue weighted by Crippen LogP contribution is 2.36. The third-order valence-corrected chi connectivity index (χ3v) is 10.1. The van der Waals surface area contributed by atoms with Crippen molar-refractivity contribution in [1.29, 1.82) is 0 Å². The van der Waals surface area contributed by atoms with Crippen LogP contribution < -0.4 is 10.6 Å². The molecule has 0 bridgehead atoms. The summed E-state index contributed by atoms with van der Waals surface area (Å²) < 4.78 is 42.3. The van der Waals surface area contributed by atoms with Gasteiger partial charge < -0.3 is 24.6 Å². The molecule has 2 aliphatic heterocycles. The van der Waals surface area contributed by atoms with E-state index < -0.39 is 36.3 Å². The molecule has 1 amide bonds. The van der Waals surface area contributed by atoms with Gasteiger partial charge in [0, 0.05) is 36.8 Å². The molecule has 3 aromatic rings. The summed E-state index contributed by atoms with van der Waals surface area (Å²) in [7, 11) is 0. The average molecular weight is 712 g/mol. The van der Waals surface area contributed by atoms with Gasteiger partial charge in [0.2, 0.25) is 0 Å². The number of hydrogen-bond acceptors (Lipinski definition) is 9. The van der Waals surface area contributed by atoms with Crippen molar-refractivity contribution >= 4 is 22.7 Å². The summed E-state index contributed by atoms with van der Waals surface area (Å²) >= 11 is 0. The quantitative estimate of drug-likeness (QED) is 0.219. The van der Waals surface area contributed by atoms with E-state index in [0.717, 1.165) is 80.3 Å². The zero-order chi connectivity index (χ0) is 36.3. The summed E-state index contributed by atoms with van der Waals surface area (Å²) in [4.78, 5) is 14.7. The minimum absolute atomic E-state index is 0.00548. The van der Waals surface area contributed by atoms with E-state index in [1.807, 2.05) is 29.8 Å². The van der Waals surface area contributed by atoms with Gasteiger partial charge in [0.25, 0.3) is 6.43 Å². The first-order chi connectivity index (χ1) is 24.3. The second kappa shape index (κ2) is 16.0. The van der Waals surface area contributed by atoms with Gasteiger partial charge >= 0.3 is 6.09 Å². The monoisotopic (exact) mass is 711 g/mol. The number of nitrogens with zero attached hydrogens (tertiary/aromatic N) is 5. The smallest absolute Gasteiger partial charge is 0.412 e. The molecule has 1 saturated carbocycles. The van der Waals surface area contributed by atoms with Gasteiger partial charge in [0.1, 0.15) is 24.7 Å². The Morgan fingerprint density at radius 3 is 2.51 bits per heavy atom. The van der Waals surface area contributed by atoms with Crippen LogP contribution in [0.2, 0.25) is 0 Å². The Kier molecular flexibility index (Phi) is 11.6. The Morgan fingerprint density at radius 1 is 1.08 bits per heavy atom. The highest BCUT2D eigenvalue weighted by molar-refractivity contribution is 5.88. The van der Waals surface area contributed by atoms with E-state index >= 15 is 0 Å². The first-order valence-electron chi connectivity index (χ1n) is 18.1. The number of rotatable bonds is 8. The molecule has 3 fully saturated rings. The number of fused-ring (bicyclic) bond motifs is 1. The summed E-state index contributed by atoms with van der Waals surface area (Å²) in [6.07, 6.45) is 3.21. The third-order valence-electron chi connectivity index (χ3n) is 10.1. The molecule has 6 rings (SSSR count). The molecule has 1 aliphatic carbocycles. The topological polar surface area (TPSA) is 139 Å². The molecule has 14 heteroatoms. The van der Waals surface area contributed by atoms with Gasteiger partial charge in [-0.3, -0.25) is 20.0 Å². The molecular weight excluding hydrogens is 660 g/mol. The maximum atomic E-state index is 13.7. The SMILES string of the molecule is Cc1nn([C@@H]2CC[C@@H](O)N[C@@H]2O)c2cccc(C#CCOC3CCN(CC4CCC(n5cc(NC(=O)OC(C)(C)C)c(C(F)F)n5)CC4)CC3)c12. The first kappa shape index (κ1) is 37.2. The van der Waals surface area contributed by atoms with Crippen molar-refractivity contribution in [3.8, 4) is 11.8 Å². The molecule has 0 unspecified atom stereocenters. The number of halogens is 2. The number of nitrogens with one attached hydrogen (secondary N) is 2. The fourth-order valence-electron chi connectivity index (χ4n) is 7.64. The summed E-state index contributed by atoms with van der Waals surface area (Å²) in [6.45, 7) is 10.4. The predicted molar refractivity (Wildman–Crippen MR) is 188 cm³/mol. The highest BCUT2D eigenvalue weighted by atomic mass is 19.3. The number of piperidine rings is 2. The summed E-state index contributed by atoms with van der Waals surface area (Å²) in [5.74, 6) is 7.02. The maximum Gasteiger partial charge on any atom is 0.412 e. The second-order valence-corrected chi connectivity index (χ2v) is 15.1. The van der Waals surface area contributed by atoms with Crippen molar-refractivity contribution in [2.45, 2.75) is 122 Å². The molecule has 1 aromatic carbocycles. The van der Waals surface area contributed by atoms with Crippen LogP contribution in [0, 0.1) is 24.7 Å². The van der Waals surface area contributed by atoms with Gasteiger partial charge in [-0.25, -0.2) is 13.6 Å². The molecule has 12 nitrogen and oxygen atoms in total. The fourth-order valence-corrected chi connectivity index (χ4v) is 7.64. The van der Waals surface area contributed by atoms with Crippen molar-refractivity contribution in [2.75, 3.05) is 31.6 Å². The van der Waals surface area contributed by atoms with E-state index in [9.17, 15) is 23.8 Å². The molecule has 2 saturated heterocycles. The second-order valence-electron chi connectivity index (χ2n) is 15.1. The third kappa shape index (κ3) is 9.25. The van der Waals surface area contributed by atoms with Gasteiger partial charge in [-0.05, 0) is 97.1 Å². The van der Waals surface area contributed by atoms with Crippen LogP contribution in [0.15, 0.2) is 24.4 Å². The fraction of sp³-hybridized carbons (Fsp3) is 0.649. The van der Waals surface area contributed by atoms with Crippen LogP contribution >= 0.6 is 0 Å². The van der Waals surface area contributed by atoms with Gasteiger partial charge in [-0.1, -0.05) is 17.9 Å². The molecular formula is C37H51F2N7O5. The number of alkyl halides is 2. The lowest BCUT2D eigenvalue weighted by molar-refractivity contribution is -0.0297. The molecule has 2 aromatic heterocycles. The predicted octanol–water partition coefficient (Wildman–Crippen LogP) is 5.65. The maximum absolute atomic E-state index is 13.7. The van der Waals surface area contributed by atoms with Crippen molar-refractivity contribution < 1.29 is 33.3 Å². The number of aliphatic hydroxyl groups is 2. The van der Waals surface area contributed by atoms with Crippen molar-refractivity contribution in [2.24, 2.45) is 5.92 Å². The van der Waals surface area contributed by atoms with E-state index in [1.54, 1.807) is 25.5 Å². The van der Waals surface area contributed by atoms with Crippen LogP contribution in [-0.2, 0) is 9.47 Å². The largest absolute Gasteiger partial charge is 0.444 e. The number of carbonyl (C=O) groups is 1. The molecule has 51 heavy (non-hydrogen) atoms. The molecule has 0 spiro atoms. The molecule has 3 atom stereocenters. The van der Waals surface area contributed by atoms with Gasteiger partial charge in [0.05, 0.1) is 35.1 Å². The number of anilines is 1. The average Bonchev–Trinajstić information content (AvgIpc) is 3.64. The normalized spacial score (nSPS) is 25.2. The molecule has 3 aliphatic rings. The Labute approximate surface area is 297 Å². The van der Waals surface area contributed by atoms with Crippen molar-refractivity contribution in [1.82, 2.24) is 29.8 Å². The zero-order valence-electron chi connectivity index (χ0n) is 29.9. The number of amides is 1. The van der Waals surface area contributed by atoms with E-state index in [4.69, 9.17) is 14.6 Å². The van der Waals surface area contributed by atoms with Crippen LogP contribution in [0.4, 0.5) is 19.3 Å². The van der Waals surface area contributed by atoms with Crippen LogP contribution in [0.25, 0.3) is 10.9 Å². The van der Waals surface area contributed by atoms with E-state index in [1.165, 1.54) is 6.20 Å². The van der Waals surface area contributed by atoms with Crippen molar-refractivity contribution in [3.63, 3.8) is 0 Å². The lowest BCUT2D eigenvalue weighted by Crippen LogP contribution is -2.48. The summed E-state index contributed by atoms with van der Waals surface area (Å²) in [5.41, 5.74) is 1.45. The Balaban J connectivity index is 0.944. The minimum Gasteiger partial charge on any atom is -0.444 e. The lowest BCUT2D eigenvalue weighted by Gasteiger charge is -2.36. The van der Waals surface area contributed by atoms with Crippen LogP contribution in [0.3, 0.4) is 0 Å². The highest BCUT2D eigenvalue weighted by Gasteiger charge is 2.32. The minimum atomic E-state index is -2.81. The number of likely N-dealkylation sites (tertiary alicyclic amines) is 1. The molecule has 4 heterocycles. The van der Waals surface area contributed by atoms with Crippen LogP contribution in [0.1, 0.15) is 108 Å². The van der Waals surface area contributed by atoms with E-state index in [2.05, 4.69) is 32.5 Å². The van der Waals surface area contributed by atoms with Crippen LogP contribution in [0.5, 0.6) is 0 Å². The number of benzene rings is 1. The standard InChI is InChI=1S/C37H51F2N7O5/c1-23-32-25(7-5-9-29(32)46(42-23)30-14-15-31(47)41-35(30)48)8-6-20-50-27-16-18-44(19-17-27)21-24-10-12-26(13-11-24)45-22-28(33(43-45)34(38)39)40-36(49)51-37(2,3)4/h5,7,9,22,24,26-27,30-31,34-35,41,47-48H,10-21H2,1-4H3,(H,40,49)/t24?,26?,30-,31-,35-/m1/s1. The number of carbonyl (C=O) groups excluding carboxylic acids is 1. The van der Waals surface area contributed by atoms with Crippen molar-refractivity contribution in [3.05, 3.63) is 41.3 Å². The van der Waals surface area contributed by atoms with E-state index in [-0.39, 0.29) is 23.9 Å². The van der Waals surface area contributed by atoms with Gasteiger partial charge in [-0.2, -0.15) is 10.2 Å². The number of aromatic nitrogens is 4. The number of ether oxygens (including phenoxy) is 2. The Bertz CT molecular complexity index is 1710. The van der Waals surface area contributed by atoms with Gasteiger partial charge in [-0.15, -0.1) is 0 Å². The molecule has 4 N–H and O–H groups in total. The first-order valence-corrected chi connectivity index (χ1v) is 18.1.